The van der Waals surface area contributed by atoms with Crippen LogP contribution in [-0.2, 0) is 4.79 Å². The van der Waals surface area contributed by atoms with Gasteiger partial charge in [-0.25, -0.2) is 0 Å². The molecule has 1 heterocycles. The van der Waals surface area contributed by atoms with Crippen molar-refractivity contribution in [3.05, 3.63) is 41.1 Å². The quantitative estimate of drug-likeness (QED) is 0.636. The summed E-state index contributed by atoms with van der Waals surface area (Å²) in [6.45, 7) is 3.55. The molecule has 1 atom stereocenters. The first-order chi connectivity index (χ1) is 9.92. The Morgan fingerprint density at radius 1 is 1.24 bits per heavy atom. The summed E-state index contributed by atoms with van der Waals surface area (Å²) in [5.41, 5.74) is -1.17. The molecule has 1 spiro atoms. The van der Waals surface area contributed by atoms with Gasteiger partial charge in [-0.2, -0.15) is 4.74 Å². The molecule has 1 aliphatic carbocycles. The van der Waals surface area contributed by atoms with Crippen molar-refractivity contribution in [1.29, 1.82) is 0 Å². The number of carbonyl (C=O) groups excluding carboxylic acids is 1. The number of hydrogen-bond acceptors (Lipinski definition) is 4. The summed E-state index contributed by atoms with van der Waals surface area (Å²) in [5, 5.41) is 24.6. The highest BCUT2D eigenvalue weighted by atomic mass is 16.6. The summed E-state index contributed by atoms with van der Waals surface area (Å²) in [5.74, 6) is -0.190. The predicted octanol–water partition coefficient (Wildman–Crippen LogP) is 2.31. The lowest BCUT2D eigenvalue weighted by atomic mass is 9.86. The number of rotatable bonds is 1. The molecular formula is C16H20N2O3. The standard InChI is InChI=1S/C16H20N2O3/c1-15(2)14(12-8-4-3-5-9-12)17(20)16(18(15)21)11-7-6-10-13(16)19/h3-5,8-9,21H,6-7,10-11H2,1-2H3/t16-/m1/s1. The molecule has 1 fully saturated rings. The molecule has 3 rings (SSSR count). The number of benzene rings is 1. The lowest BCUT2D eigenvalue weighted by molar-refractivity contribution is -0.573. The van der Waals surface area contributed by atoms with Gasteiger partial charge in [-0.05, 0) is 38.8 Å². The number of hydrogen-bond donors (Lipinski definition) is 1. The van der Waals surface area contributed by atoms with Crippen LogP contribution in [0, 0.1) is 5.21 Å². The van der Waals surface area contributed by atoms with Gasteiger partial charge in [0.1, 0.15) is 5.54 Å². The lowest BCUT2D eigenvalue weighted by Gasteiger charge is -2.36. The largest absolute Gasteiger partial charge is 0.622 e. The van der Waals surface area contributed by atoms with Crippen molar-refractivity contribution in [2.45, 2.75) is 50.7 Å². The van der Waals surface area contributed by atoms with E-state index in [1.165, 1.54) is 0 Å². The second-order valence-electron chi connectivity index (χ2n) is 6.33. The van der Waals surface area contributed by atoms with Gasteiger partial charge >= 0.3 is 5.66 Å². The van der Waals surface area contributed by atoms with E-state index in [9.17, 15) is 15.2 Å². The zero-order chi connectivity index (χ0) is 15.3. The summed E-state index contributed by atoms with van der Waals surface area (Å²) < 4.78 is 0.754. The van der Waals surface area contributed by atoms with Crippen LogP contribution >= 0.6 is 0 Å². The second-order valence-corrected chi connectivity index (χ2v) is 6.33. The van der Waals surface area contributed by atoms with E-state index in [4.69, 9.17) is 0 Å². The Bertz CT molecular complexity index is 609. The molecule has 1 N–H and O–H groups in total. The minimum atomic E-state index is -1.45. The van der Waals surface area contributed by atoms with Gasteiger partial charge in [0, 0.05) is 18.4 Å². The van der Waals surface area contributed by atoms with Gasteiger partial charge in [-0.15, -0.1) is 5.06 Å². The van der Waals surface area contributed by atoms with E-state index in [1.807, 2.05) is 30.3 Å². The van der Waals surface area contributed by atoms with Crippen LogP contribution in [0.15, 0.2) is 30.3 Å². The van der Waals surface area contributed by atoms with E-state index in [0.717, 1.165) is 28.2 Å². The van der Waals surface area contributed by atoms with E-state index >= 15 is 0 Å². The summed E-state index contributed by atoms with van der Waals surface area (Å²) in [7, 11) is 0. The summed E-state index contributed by atoms with van der Waals surface area (Å²) in [6, 6.07) is 9.24. The minimum Gasteiger partial charge on any atom is -0.622 e. The molecular weight excluding hydrogens is 268 g/mol. The molecule has 0 aromatic heterocycles. The fourth-order valence-electron chi connectivity index (χ4n) is 3.58. The van der Waals surface area contributed by atoms with Crippen LogP contribution < -0.4 is 0 Å². The highest BCUT2D eigenvalue weighted by molar-refractivity contribution is 6.06. The zero-order valence-corrected chi connectivity index (χ0v) is 12.4. The number of hydroxylamine groups is 3. The first-order valence-corrected chi connectivity index (χ1v) is 7.35. The molecule has 1 aromatic carbocycles. The Labute approximate surface area is 124 Å². The number of ketones is 1. The van der Waals surface area contributed by atoms with Crippen molar-refractivity contribution in [3.8, 4) is 0 Å². The SMILES string of the molecule is CC1(C)C(c2ccccc2)=[N+]([O-])[C@]2(CCCCC2=O)N1O. The third kappa shape index (κ3) is 1.77. The van der Waals surface area contributed by atoms with Crippen molar-refractivity contribution in [3.63, 3.8) is 0 Å². The van der Waals surface area contributed by atoms with Crippen molar-refractivity contribution < 1.29 is 14.7 Å². The topological polar surface area (TPSA) is 66.6 Å². The van der Waals surface area contributed by atoms with Crippen LogP contribution in [0.1, 0.15) is 45.1 Å². The van der Waals surface area contributed by atoms with E-state index in [1.54, 1.807) is 13.8 Å². The Balaban J connectivity index is 2.21. The molecule has 0 unspecified atom stereocenters. The Hall–Kier alpha value is -1.72. The van der Waals surface area contributed by atoms with E-state index in [2.05, 4.69) is 0 Å². The molecule has 5 nitrogen and oxygen atoms in total. The van der Waals surface area contributed by atoms with Crippen molar-refractivity contribution >= 4 is 11.5 Å². The Morgan fingerprint density at radius 2 is 1.90 bits per heavy atom. The second kappa shape index (κ2) is 4.64. The van der Waals surface area contributed by atoms with Crippen molar-refractivity contribution in [1.82, 2.24) is 5.06 Å². The molecule has 1 saturated carbocycles. The van der Waals surface area contributed by atoms with E-state index in [-0.39, 0.29) is 5.78 Å². The first-order valence-electron chi connectivity index (χ1n) is 7.35. The van der Waals surface area contributed by atoms with E-state index < -0.39 is 11.2 Å². The van der Waals surface area contributed by atoms with Crippen molar-refractivity contribution in [2.24, 2.45) is 0 Å². The molecule has 0 radical (unpaired) electrons. The van der Waals surface area contributed by atoms with Crippen molar-refractivity contribution in [2.75, 3.05) is 0 Å². The van der Waals surface area contributed by atoms with Crippen LogP contribution in [0.3, 0.4) is 0 Å². The molecule has 0 saturated heterocycles. The third-order valence-corrected chi connectivity index (χ3v) is 4.67. The van der Waals surface area contributed by atoms with Gasteiger partial charge in [0.2, 0.25) is 11.5 Å². The summed E-state index contributed by atoms with van der Waals surface area (Å²) >= 11 is 0. The molecule has 1 aromatic rings. The first kappa shape index (κ1) is 14.2. The predicted molar refractivity (Wildman–Crippen MR) is 78.1 cm³/mol. The van der Waals surface area contributed by atoms with E-state index in [0.29, 0.717) is 18.6 Å². The maximum atomic E-state index is 13.0. The average molecular weight is 288 g/mol. The van der Waals surface area contributed by atoms with Crippen LogP contribution in [0.2, 0.25) is 0 Å². The number of nitrogens with zero attached hydrogens (tertiary/aromatic N) is 2. The molecule has 21 heavy (non-hydrogen) atoms. The fraction of sp³-hybridized carbons (Fsp3) is 0.500. The number of carbonyl (C=O) groups is 1. The molecule has 112 valence electrons. The molecule has 2 aliphatic rings. The minimum absolute atomic E-state index is 0.190. The highest BCUT2D eigenvalue weighted by Crippen LogP contribution is 2.41. The average Bonchev–Trinajstić information content (AvgIpc) is 2.61. The van der Waals surface area contributed by atoms with Gasteiger partial charge in [-0.1, -0.05) is 18.2 Å². The third-order valence-electron chi connectivity index (χ3n) is 4.67. The van der Waals surface area contributed by atoms with Gasteiger partial charge in [0.05, 0.1) is 0 Å². The smallest absolute Gasteiger partial charge is 0.310 e. The Kier molecular flexibility index (Phi) is 3.15. The van der Waals surface area contributed by atoms with Crippen LogP contribution in [0.4, 0.5) is 0 Å². The zero-order valence-electron chi connectivity index (χ0n) is 12.4. The summed E-state index contributed by atoms with van der Waals surface area (Å²) in [4.78, 5) is 12.4. The summed E-state index contributed by atoms with van der Waals surface area (Å²) in [6.07, 6.45) is 2.25. The lowest BCUT2D eigenvalue weighted by Crippen LogP contribution is -2.60. The molecule has 0 bridgehead atoms. The Morgan fingerprint density at radius 3 is 2.52 bits per heavy atom. The molecule has 1 aliphatic heterocycles. The highest BCUT2D eigenvalue weighted by Gasteiger charge is 2.66. The number of Topliss-reactive ketones (excluding diaryl/α,β-unsaturated/α-hetero) is 1. The van der Waals surface area contributed by atoms with Crippen LogP contribution in [0.5, 0.6) is 0 Å². The van der Waals surface area contributed by atoms with Crippen LogP contribution in [-0.4, -0.2) is 37.7 Å². The van der Waals surface area contributed by atoms with Gasteiger partial charge in [0.25, 0.3) is 0 Å². The van der Waals surface area contributed by atoms with Gasteiger partial charge in [-0.3, -0.25) is 4.79 Å². The van der Waals surface area contributed by atoms with Gasteiger partial charge in [0.15, 0.2) is 0 Å². The molecule has 5 heteroatoms. The molecule has 0 amide bonds. The maximum absolute atomic E-state index is 13.0. The monoisotopic (exact) mass is 288 g/mol. The normalized spacial score (nSPS) is 29.4. The van der Waals surface area contributed by atoms with Crippen LogP contribution in [0.25, 0.3) is 0 Å². The van der Waals surface area contributed by atoms with Gasteiger partial charge < -0.3 is 10.4 Å². The fourth-order valence-corrected chi connectivity index (χ4v) is 3.58. The maximum Gasteiger partial charge on any atom is 0.310 e.